The zero-order chi connectivity index (χ0) is 21.9. The minimum Gasteiger partial charge on any atom is -0.459 e. The lowest BCUT2D eigenvalue weighted by Gasteiger charge is -2.06. The van der Waals surface area contributed by atoms with E-state index in [2.05, 4.69) is 5.32 Å². The van der Waals surface area contributed by atoms with Crippen molar-refractivity contribution in [1.29, 1.82) is 5.26 Å². The number of esters is 1. The highest BCUT2D eigenvalue weighted by atomic mass is 32.1. The van der Waals surface area contributed by atoms with E-state index in [4.69, 9.17) is 4.74 Å². The van der Waals surface area contributed by atoms with Crippen LogP contribution in [-0.4, -0.2) is 27.8 Å². The molecule has 12 heteroatoms. The predicted molar refractivity (Wildman–Crippen MR) is 102 cm³/mol. The maximum Gasteiger partial charge on any atom is 0.348 e. The summed E-state index contributed by atoms with van der Waals surface area (Å²) in [6, 6.07) is 4.36. The Hall–Kier alpha value is -3.85. The maximum atomic E-state index is 12.5. The molecule has 0 radical (unpaired) electrons. The first-order valence-electron chi connectivity index (χ1n) is 8.04. The largest absolute Gasteiger partial charge is 0.459 e. The van der Waals surface area contributed by atoms with Gasteiger partial charge in [0.05, 0.1) is 33.1 Å². The number of anilines is 1. The molecule has 29 heavy (non-hydrogen) atoms. The SMILES string of the molecule is Cc1c(C(=O)OC(C)C)sc(NC(=O)c2cc([N+](=O)[O-])cc([N+](=O)[O-])c2)c1C#N. The van der Waals surface area contributed by atoms with Crippen LogP contribution in [0.25, 0.3) is 0 Å². The van der Waals surface area contributed by atoms with Gasteiger partial charge in [-0.1, -0.05) is 0 Å². The van der Waals surface area contributed by atoms with Gasteiger partial charge in [-0.25, -0.2) is 4.79 Å². The summed E-state index contributed by atoms with van der Waals surface area (Å²) >= 11 is 0.808. The molecule has 0 unspecified atom stereocenters. The molecule has 1 heterocycles. The number of non-ortho nitro benzene ring substituents is 2. The average Bonchev–Trinajstić information content (AvgIpc) is 2.95. The average molecular weight is 418 g/mol. The predicted octanol–water partition coefficient (Wildman–Crippen LogP) is 3.56. The van der Waals surface area contributed by atoms with Gasteiger partial charge < -0.3 is 10.1 Å². The van der Waals surface area contributed by atoms with Gasteiger partial charge in [0.2, 0.25) is 0 Å². The van der Waals surface area contributed by atoms with Crippen molar-refractivity contribution in [2.24, 2.45) is 0 Å². The maximum absolute atomic E-state index is 12.5. The molecular formula is C17H14N4O7S. The fraction of sp³-hybridized carbons (Fsp3) is 0.235. The molecule has 0 atom stereocenters. The molecular weight excluding hydrogens is 404 g/mol. The number of nitro groups is 2. The van der Waals surface area contributed by atoms with Crippen LogP contribution >= 0.6 is 11.3 Å². The van der Waals surface area contributed by atoms with Gasteiger partial charge in [0.15, 0.2) is 0 Å². The van der Waals surface area contributed by atoms with Crippen molar-refractivity contribution in [2.75, 3.05) is 5.32 Å². The summed E-state index contributed by atoms with van der Waals surface area (Å²) in [6.07, 6.45) is -0.391. The number of hydrogen-bond donors (Lipinski definition) is 1. The lowest BCUT2D eigenvalue weighted by molar-refractivity contribution is -0.394. The van der Waals surface area contributed by atoms with E-state index in [1.54, 1.807) is 13.8 Å². The van der Waals surface area contributed by atoms with Crippen LogP contribution in [0.3, 0.4) is 0 Å². The second-order valence-corrected chi connectivity index (χ2v) is 7.05. The summed E-state index contributed by atoms with van der Waals surface area (Å²) < 4.78 is 5.10. The first-order chi connectivity index (χ1) is 13.5. The van der Waals surface area contributed by atoms with Crippen molar-refractivity contribution in [1.82, 2.24) is 0 Å². The Morgan fingerprint density at radius 3 is 2.17 bits per heavy atom. The molecule has 0 bridgehead atoms. The fourth-order valence-corrected chi connectivity index (χ4v) is 3.35. The van der Waals surface area contributed by atoms with Crippen LogP contribution in [-0.2, 0) is 4.74 Å². The Morgan fingerprint density at radius 2 is 1.72 bits per heavy atom. The Kier molecular flexibility index (Phi) is 6.25. The van der Waals surface area contributed by atoms with Gasteiger partial charge in [0.25, 0.3) is 17.3 Å². The Morgan fingerprint density at radius 1 is 1.17 bits per heavy atom. The summed E-state index contributed by atoms with van der Waals surface area (Å²) in [5.74, 6) is -1.57. The normalized spacial score (nSPS) is 10.3. The quantitative estimate of drug-likeness (QED) is 0.422. The van der Waals surface area contributed by atoms with Gasteiger partial charge in [0.1, 0.15) is 15.9 Å². The monoisotopic (exact) mass is 418 g/mol. The van der Waals surface area contributed by atoms with Crippen molar-refractivity contribution < 1.29 is 24.2 Å². The summed E-state index contributed by atoms with van der Waals surface area (Å²) in [7, 11) is 0. The molecule has 0 saturated carbocycles. The van der Waals surface area contributed by atoms with Crippen molar-refractivity contribution >= 4 is 39.6 Å². The highest BCUT2D eigenvalue weighted by Gasteiger charge is 2.25. The third-order valence-electron chi connectivity index (χ3n) is 3.60. The van der Waals surface area contributed by atoms with Crippen LogP contribution in [0.4, 0.5) is 16.4 Å². The van der Waals surface area contributed by atoms with Crippen LogP contribution in [0.5, 0.6) is 0 Å². The minimum absolute atomic E-state index is 0.0268. The number of amides is 1. The molecule has 1 amide bonds. The molecule has 1 aromatic carbocycles. The highest BCUT2D eigenvalue weighted by molar-refractivity contribution is 7.18. The number of nitro benzene ring substituents is 2. The third kappa shape index (κ3) is 4.71. The lowest BCUT2D eigenvalue weighted by Crippen LogP contribution is -2.12. The van der Waals surface area contributed by atoms with E-state index < -0.39 is 39.2 Å². The van der Waals surface area contributed by atoms with Crippen LogP contribution in [0, 0.1) is 38.5 Å². The van der Waals surface area contributed by atoms with E-state index in [9.17, 15) is 35.1 Å². The third-order valence-corrected chi connectivity index (χ3v) is 4.79. The molecule has 2 aromatic rings. The number of benzene rings is 1. The standard InChI is InChI=1S/C17H14N4O7S/c1-8(2)28-17(23)14-9(3)13(7-18)16(29-14)19-15(22)10-4-11(20(24)25)6-12(5-10)21(26)27/h4-6,8H,1-3H3,(H,19,22). The van der Waals surface area contributed by atoms with Crippen molar-refractivity contribution in [3.63, 3.8) is 0 Å². The molecule has 0 aliphatic heterocycles. The van der Waals surface area contributed by atoms with Crippen molar-refractivity contribution in [3.8, 4) is 6.07 Å². The molecule has 0 fully saturated rings. The van der Waals surface area contributed by atoms with Crippen LogP contribution in [0.2, 0.25) is 0 Å². The number of hydrogen-bond acceptors (Lipinski definition) is 9. The van der Waals surface area contributed by atoms with E-state index in [-0.39, 0.29) is 21.0 Å². The zero-order valence-electron chi connectivity index (χ0n) is 15.4. The summed E-state index contributed by atoms with van der Waals surface area (Å²) in [5, 5.41) is 33.7. The minimum atomic E-state index is -0.904. The van der Waals surface area contributed by atoms with Crippen LogP contribution in [0.15, 0.2) is 18.2 Å². The van der Waals surface area contributed by atoms with Gasteiger partial charge in [-0.05, 0) is 26.3 Å². The number of ether oxygens (including phenoxy) is 1. The smallest absolute Gasteiger partial charge is 0.348 e. The fourth-order valence-electron chi connectivity index (χ4n) is 2.31. The number of nitrogens with zero attached hydrogens (tertiary/aromatic N) is 3. The Balaban J connectivity index is 2.43. The summed E-state index contributed by atoms with van der Waals surface area (Å²) in [6.45, 7) is 4.83. The van der Waals surface area contributed by atoms with Gasteiger partial charge >= 0.3 is 5.97 Å². The number of thiophene rings is 1. The number of carbonyl (C=O) groups is 2. The van der Waals surface area contributed by atoms with Crippen molar-refractivity contribution in [3.05, 3.63) is 60.0 Å². The van der Waals surface area contributed by atoms with E-state index in [0.717, 1.165) is 29.5 Å². The van der Waals surface area contributed by atoms with Gasteiger partial charge in [0, 0.05) is 12.1 Å². The van der Waals surface area contributed by atoms with Gasteiger partial charge in [-0.15, -0.1) is 11.3 Å². The van der Waals surface area contributed by atoms with E-state index in [1.807, 2.05) is 6.07 Å². The van der Waals surface area contributed by atoms with Crippen LogP contribution < -0.4 is 5.32 Å². The number of nitrogens with one attached hydrogen (secondary N) is 1. The zero-order valence-corrected chi connectivity index (χ0v) is 16.2. The first kappa shape index (κ1) is 21.5. The second kappa shape index (κ2) is 8.44. The topological polar surface area (TPSA) is 165 Å². The molecule has 150 valence electrons. The highest BCUT2D eigenvalue weighted by Crippen LogP contribution is 2.34. The number of rotatable bonds is 6. The van der Waals surface area contributed by atoms with E-state index in [0.29, 0.717) is 5.56 Å². The molecule has 0 aliphatic rings. The van der Waals surface area contributed by atoms with Gasteiger partial charge in [-0.2, -0.15) is 5.26 Å². The molecule has 2 rings (SSSR count). The summed E-state index contributed by atoms with van der Waals surface area (Å²) in [5.41, 5.74) is -1.27. The van der Waals surface area contributed by atoms with Crippen molar-refractivity contribution in [2.45, 2.75) is 26.9 Å². The number of carbonyl (C=O) groups excluding carboxylic acids is 2. The first-order valence-corrected chi connectivity index (χ1v) is 8.86. The Bertz CT molecular complexity index is 1040. The Labute approximate surface area is 167 Å². The lowest BCUT2D eigenvalue weighted by atomic mass is 10.1. The summed E-state index contributed by atoms with van der Waals surface area (Å²) in [4.78, 5) is 45.1. The molecule has 1 aromatic heterocycles. The number of nitriles is 1. The van der Waals surface area contributed by atoms with Crippen LogP contribution in [0.1, 0.15) is 45.0 Å². The second-order valence-electron chi connectivity index (χ2n) is 6.03. The molecule has 0 spiro atoms. The van der Waals surface area contributed by atoms with Gasteiger partial charge in [-0.3, -0.25) is 25.0 Å². The molecule has 0 aliphatic carbocycles. The molecule has 1 N–H and O–H groups in total. The molecule has 0 saturated heterocycles. The molecule has 11 nitrogen and oxygen atoms in total. The van der Waals surface area contributed by atoms with E-state index in [1.165, 1.54) is 6.92 Å². The van der Waals surface area contributed by atoms with E-state index >= 15 is 0 Å².